The van der Waals surface area contributed by atoms with Crippen molar-refractivity contribution in [1.29, 1.82) is 0 Å². The minimum Gasteiger partial charge on any atom is -0.450 e. The van der Waals surface area contributed by atoms with Crippen molar-refractivity contribution in [1.82, 2.24) is 24.5 Å². The van der Waals surface area contributed by atoms with Crippen LogP contribution >= 0.6 is 11.6 Å². The predicted octanol–water partition coefficient (Wildman–Crippen LogP) is 2.21. The fraction of sp³-hybridized carbons (Fsp3) is 0.278. The summed E-state index contributed by atoms with van der Waals surface area (Å²) in [6.07, 6.45) is 0. The van der Waals surface area contributed by atoms with Crippen molar-refractivity contribution in [2.45, 2.75) is 20.4 Å². The maximum Gasteiger partial charge on any atom is 0.378 e. The fourth-order valence-corrected chi connectivity index (χ4v) is 2.63. The van der Waals surface area contributed by atoms with Crippen LogP contribution in [0.25, 0.3) is 5.78 Å². The molecule has 0 saturated carbocycles. The summed E-state index contributed by atoms with van der Waals surface area (Å²) in [5.74, 6) is -0.937. The van der Waals surface area contributed by atoms with Crippen molar-refractivity contribution in [3.8, 4) is 0 Å². The molecule has 2 aromatic heterocycles. The first-order valence-electron chi connectivity index (χ1n) is 8.20. The van der Waals surface area contributed by atoms with Gasteiger partial charge in [-0.1, -0.05) is 23.7 Å². The number of fused-ring (bicyclic) bond motifs is 1. The van der Waals surface area contributed by atoms with E-state index < -0.39 is 12.6 Å². The maximum absolute atomic E-state index is 12.2. The number of aromatic nitrogens is 4. The van der Waals surface area contributed by atoms with Crippen LogP contribution in [0.4, 0.5) is 0 Å². The molecule has 0 N–H and O–H groups in total. The Bertz CT molecular complexity index is 1000. The van der Waals surface area contributed by atoms with E-state index in [-0.39, 0.29) is 11.7 Å². The highest BCUT2D eigenvalue weighted by molar-refractivity contribution is 6.30. The SMILES string of the molecule is Cc1cc(C)n2nc(C(=O)OCC(=O)N(C)Cc3ccc(Cl)cc3)nc2n1. The van der Waals surface area contributed by atoms with Gasteiger partial charge in [-0.2, -0.15) is 4.98 Å². The molecule has 9 heteroatoms. The van der Waals surface area contributed by atoms with E-state index in [1.807, 2.05) is 32.0 Å². The number of ether oxygens (including phenoxy) is 1. The van der Waals surface area contributed by atoms with E-state index in [2.05, 4.69) is 15.1 Å². The van der Waals surface area contributed by atoms with Gasteiger partial charge >= 0.3 is 5.97 Å². The molecule has 1 amide bonds. The number of amides is 1. The van der Waals surface area contributed by atoms with Crippen LogP contribution in [-0.4, -0.2) is 50.0 Å². The summed E-state index contributed by atoms with van der Waals surface area (Å²) in [6.45, 7) is 3.64. The van der Waals surface area contributed by atoms with Gasteiger partial charge in [0.25, 0.3) is 17.5 Å². The van der Waals surface area contributed by atoms with Crippen LogP contribution in [0.3, 0.4) is 0 Å². The van der Waals surface area contributed by atoms with Gasteiger partial charge in [0.15, 0.2) is 6.61 Å². The number of nitrogens with zero attached hydrogens (tertiary/aromatic N) is 5. The third-order valence-corrected chi connectivity index (χ3v) is 4.14. The second-order valence-electron chi connectivity index (χ2n) is 6.14. The van der Waals surface area contributed by atoms with Crippen LogP contribution < -0.4 is 0 Å². The standard InChI is InChI=1S/C18H18ClN5O3/c1-11-8-12(2)24-18(20-11)21-16(22-24)17(26)27-10-15(25)23(3)9-13-4-6-14(19)7-5-13/h4-8H,9-10H2,1-3H3. The van der Waals surface area contributed by atoms with Crippen molar-refractivity contribution in [2.24, 2.45) is 0 Å². The van der Waals surface area contributed by atoms with Crippen molar-refractivity contribution in [3.05, 3.63) is 58.1 Å². The molecule has 0 aliphatic rings. The molecule has 140 valence electrons. The van der Waals surface area contributed by atoms with Gasteiger partial charge in [-0.05, 0) is 37.6 Å². The summed E-state index contributed by atoms with van der Waals surface area (Å²) in [5, 5.41) is 4.71. The fourth-order valence-electron chi connectivity index (χ4n) is 2.51. The molecule has 1 aromatic carbocycles. The van der Waals surface area contributed by atoms with Gasteiger partial charge in [0.2, 0.25) is 0 Å². The molecule has 3 aromatic rings. The highest BCUT2D eigenvalue weighted by atomic mass is 35.5. The molecule has 0 aliphatic carbocycles. The first kappa shape index (κ1) is 18.8. The lowest BCUT2D eigenvalue weighted by Gasteiger charge is -2.17. The third-order valence-electron chi connectivity index (χ3n) is 3.89. The topological polar surface area (TPSA) is 89.7 Å². The maximum atomic E-state index is 12.2. The lowest BCUT2D eigenvalue weighted by molar-refractivity contribution is -0.133. The molecule has 2 heterocycles. The number of carbonyl (C=O) groups is 2. The van der Waals surface area contributed by atoms with Crippen molar-refractivity contribution >= 4 is 29.3 Å². The van der Waals surface area contributed by atoms with Gasteiger partial charge in [-0.3, -0.25) is 4.79 Å². The molecular formula is C18H18ClN5O3. The Hall–Kier alpha value is -3.00. The molecule has 0 spiro atoms. The molecule has 0 unspecified atom stereocenters. The molecule has 0 radical (unpaired) electrons. The number of carbonyl (C=O) groups excluding carboxylic acids is 2. The Morgan fingerprint density at radius 2 is 1.89 bits per heavy atom. The quantitative estimate of drug-likeness (QED) is 0.623. The Balaban J connectivity index is 1.60. The van der Waals surface area contributed by atoms with Gasteiger partial charge in [-0.25, -0.2) is 14.3 Å². The Morgan fingerprint density at radius 3 is 2.59 bits per heavy atom. The van der Waals surface area contributed by atoms with Crippen LogP contribution in [0.2, 0.25) is 5.02 Å². The average molecular weight is 388 g/mol. The monoisotopic (exact) mass is 387 g/mol. The van der Waals surface area contributed by atoms with Crippen LogP contribution in [0.5, 0.6) is 0 Å². The number of hydrogen-bond donors (Lipinski definition) is 0. The van der Waals surface area contributed by atoms with Gasteiger partial charge in [0.05, 0.1) is 0 Å². The zero-order valence-electron chi connectivity index (χ0n) is 15.1. The van der Waals surface area contributed by atoms with E-state index in [4.69, 9.17) is 16.3 Å². The molecule has 8 nitrogen and oxygen atoms in total. The van der Waals surface area contributed by atoms with Crippen LogP contribution in [0.15, 0.2) is 30.3 Å². The highest BCUT2D eigenvalue weighted by Crippen LogP contribution is 2.11. The number of benzene rings is 1. The number of aryl methyl sites for hydroxylation is 2. The second-order valence-corrected chi connectivity index (χ2v) is 6.57. The highest BCUT2D eigenvalue weighted by Gasteiger charge is 2.19. The zero-order valence-corrected chi connectivity index (χ0v) is 15.9. The number of rotatable bonds is 5. The van der Waals surface area contributed by atoms with E-state index in [1.54, 1.807) is 19.2 Å². The minimum atomic E-state index is -0.772. The normalized spacial score (nSPS) is 10.8. The van der Waals surface area contributed by atoms with Crippen LogP contribution in [0.1, 0.15) is 27.6 Å². The minimum absolute atomic E-state index is 0.135. The van der Waals surface area contributed by atoms with Gasteiger partial charge < -0.3 is 9.64 Å². The van der Waals surface area contributed by atoms with Crippen molar-refractivity contribution < 1.29 is 14.3 Å². The number of hydrogen-bond acceptors (Lipinski definition) is 6. The van der Waals surface area contributed by atoms with E-state index in [9.17, 15) is 9.59 Å². The Labute approximate surface area is 160 Å². The van der Waals surface area contributed by atoms with E-state index in [0.29, 0.717) is 17.3 Å². The van der Waals surface area contributed by atoms with E-state index in [0.717, 1.165) is 17.0 Å². The number of esters is 1. The lowest BCUT2D eigenvalue weighted by atomic mass is 10.2. The van der Waals surface area contributed by atoms with Crippen LogP contribution in [-0.2, 0) is 16.1 Å². The lowest BCUT2D eigenvalue weighted by Crippen LogP contribution is -2.31. The largest absolute Gasteiger partial charge is 0.450 e. The molecule has 0 fully saturated rings. The zero-order chi connectivity index (χ0) is 19.6. The molecule has 0 saturated heterocycles. The van der Waals surface area contributed by atoms with E-state index >= 15 is 0 Å². The summed E-state index contributed by atoms with van der Waals surface area (Å²) in [4.78, 5) is 34.1. The first-order chi connectivity index (χ1) is 12.8. The number of likely N-dealkylation sites (N-methyl/N-ethyl adjacent to an activating group) is 1. The second kappa shape index (κ2) is 7.71. The average Bonchev–Trinajstić information content (AvgIpc) is 3.05. The molecule has 0 bridgehead atoms. The number of halogens is 1. The third kappa shape index (κ3) is 4.40. The predicted molar refractivity (Wildman–Crippen MR) is 98.5 cm³/mol. The van der Waals surface area contributed by atoms with E-state index in [1.165, 1.54) is 9.42 Å². The molecule has 27 heavy (non-hydrogen) atoms. The summed E-state index contributed by atoms with van der Waals surface area (Å²) in [5.41, 5.74) is 2.48. The summed E-state index contributed by atoms with van der Waals surface area (Å²) >= 11 is 5.85. The molecule has 0 aliphatic heterocycles. The first-order valence-corrected chi connectivity index (χ1v) is 8.58. The molecular weight excluding hydrogens is 370 g/mol. The van der Waals surface area contributed by atoms with Crippen molar-refractivity contribution in [2.75, 3.05) is 13.7 Å². The smallest absolute Gasteiger partial charge is 0.378 e. The summed E-state index contributed by atoms with van der Waals surface area (Å²) < 4.78 is 6.51. The van der Waals surface area contributed by atoms with Gasteiger partial charge in [-0.15, -0.1) is 5.10 Å². The Kier molecular flexibility index (Phi) is 5.36. The van der Waals surface area contributed by atoms with Gasteiger partial charge in [0, 0.05) is 30.0 Å². The summed E-state index contributed by atoms with van der Waals surface area (Å²) in [7, 11) is 1.63. The van der Waals surface area contributed by atoms with Gasteiger partial charge in [0.1, 0.15) is 0 Å². The summed E-state index contributed by atoms with van der Waals surface area (Å²) in [6, 6.07) is 8.99. The van der Waals surface area contributed by atoms with Crippen molar-refractivity contribution in [3.63, 3.8) is 0 Å². The molecule has 3 rings (SSSR count). The molecule has 0 atom stereocenters. The Morgan fingerprint density at radius 1 is 1.19 bits per heavy atom. The van der Waals surface area contributed by atoms with Crippen LogP contribution in [0, 0.1) is 13.8 Å².